The van der Waals surface area contributed by atoms with E-state index in [1.54, 1.807) is 0 Å². The van der Waals surface area contributed by atoms with Crippen LogP contribution in [-0.4, -0.2) is 16.8 Å². The maximum absolute atomic E-state index is 11.8. The highest BCUT2D eigenvalue weighted by atomic mass is 79.9. The van der Waals surface area contributed by atoms with E-state index < -0.39 is 0 Å². The lowest BCUT2D eigenvalue weighted by molar-refractivity contribution is -0.122. The first-order valence-electron chi connectivity index (χ1n) is 8.39. The second-order valence-electron chi connectivity index (χ2n) is 6.45. The second kappa shape index (κ2) is 12.7. The molecule has 0 aromatic rings. The summed E-state index contributed by atoms with van der Waals surface area (Å²) in [7, 11) is 0. The van der Waals surface area contributed by atoms with Crippen molar-refractivity contribution in [2.45, 2.75) is 96.9 Å². The maximum atomic E-state index is 11.8. The fraction of sp³-hybridized carbons (Fsp3) is 0.941. The zero-order valence-electron chi connectivity index (χ0n) is 13.8. The zero-order valence-corrected chi connectivity index (χ0v) is 15.4. The van der Waals surface area contributed by atoms with Crippen LogP contribution in [0.4, 0.5) is 0 Å². The number of halogens is 1. The molecule has 0 saturated carbocycles. The molecule has 0 saturated heterocycles. The molecule has 0 fully saturated rings. The SMILES string of the molecule is CCCCCCCCCCCC(=O)NC(C)(C)CCBr. The van der Waals surface area contributed by atoms with Crippen molar-refractivity contribution in [2.24, 2.45) is 0 Å². The van der Waals surface area contributed by atoms with Crippen LogP contribution in [0, 0.1) is 0 Å². The van der Waals surface area contributed by atoms with Gasteiger partial charge in [0.05, 0.1) is 0 Å². The summed E-state index contributed by atoms with van der Waals surface area (Å²) in [4.78, 5) is 11.8. The van der Waals surface area contributed by atoms with Crippen molar-refractivity contribution >= 4 is 21.8 Å². The number of hydrogen-bond acceptors (Lipinski definition) is 1. The van der Waals surface area contributed by atoms with Gasteiger partial charge in [-0.3, -0.25) is 4.79 Å². The molecule has 0 radical (unpaired) electrons. The van der Waals surface area contributed by atoms with E-state index >= 15 is 0 Å². The van der Waals surface area contributed by atoms with Crippen LogP contribution in [0.3, 0.4) is 0 Å². The van der Waals surface area contributed by atoms with Crippen molar-refractivity contribution in [3.8, 4) is 0 Å². The number of carbonyl (C=O) groups excluding carboxylic acids is 1. The molecular formula is C17H34BrNO. The molecule has 3 heteroatoms. The predicted octanol–water partition coefficient (Wildman–Crippen LogP) is 5.59. The predicted molar refractivity (Wildman–Crippen MR) is 92.5 cm³/mol. The summed E-state index contributed by atoms with van der Waals surface area (Å²) in [6, 6.07) is 0. The van der Waals surface area contributed by atoms with Gasteiger partial charge in [-0.15, -0.1) is 0 Å². The minimum atomic E-state index is -0.0835. The molecule has 20 heavy (non-hydrogen) atoms. The van der Waals surface area contributed by atoms with Gasteiger partial charge in [0.2, 0.25) is 5.91 Å². The summed E-state index contributed by atoms with van der Waals surface area (Å²) >= 11 is 3.43. The third kappa shape index (κ3) is 13.0. The van der Waals surface area contributed by atoms with Gasteiger partial charge in [-0.1, -0.05) is 74.2 Å². The Morgan fingerprint density at radius 3 is 1.95 bits per heavy atom. The highest BCUT2D eigenvalue weighted by Crippen LogP contribution is 2.12. The molecule has 0 bridgehead atoms. The molecule has 1 amide bonds. The van der Waals surface area contributed by atoms with Gasteiger partial charge in [-0.25, -0.2) is 0 Å². The number of unbranched alkanes of at least 4 members (excludes halogenated alkanes) is 8. The molecule has 1 N–H and O–H groups in total. The summed E-state index contributed by atoms with van der Waals surface area (Å²) in [6.07, 6.45) is 13.3. The molecule has 0 atom stereocenters. The molecule has 0 aliphatic carbocycles. The van der Waals surface area contributed by atoms with Crippen molar-refractivity contribution in [1.82, 2.24) is 5.32 Å². The Bertz CT molecular complexity index is 241. The van der Waals surface area contributed by atoms with Gasteiger partial charge in [0, 0.05) is 17.3 Å². The normalized spacial score (nSPS) is 11.6. The fourth-order valence-electron chi connectivity index (χ4n) is 2.33. The lowest BCUT2D eigenvalue weighted by Crippen LogP contribution is -2.43. The van der Waals surface area contributed by atoms with Crippen LogP contribution in [-0.2, 0) is 4.79 Å². The highest BCUT2D eigenvalue weighted by Gasteiger charge is 2.18. The van der Waals surface area contributed by atoms with Crippen molar-refractivity contribution < 1.29 is 4.79 Å². The van der Waals surface area contributed by atoms with Crippen molar-refractivity contribution in [2.75, 3.05) is 5.33 Å². The Morgan fingerprint density at radius 1 is 0.950 bits per heavy atom. The molecule has 0 rings (SSSR count). The van der Waals surface area contributed by atoms with Gasteiger partial charge < -0.3 is 5.32 Å². The van der Waals surface area contributed by atoms with E-state index in [1.165, 1.54) is 51.4 Å². The molecule has 0 aliphatic rings. The summed E-state index contributed by atoms with van der Waals surface area (Å²) in [5.74, 6) is 0.207. The highest BCUT2D eigenvalue weighted by molar-refractivity contribution is 9.09. The minimum absolute atomic E-state index is 0.0835. The lowest BCUT2D eigenvalue weighted by atomic mass is 10.0. The summed E-state index contributed by atoms with van der Waals surface area (Å²) < 4.78 is 0. The van der Waals surface area contributed by atoms with Crippen LogP contribution < -0.4 is 5.32 Å². The molecule has 2 nitrogen and oxygen atoms in total. The average Bonchev–Trinajstić information content (AvgIpc) is 2.36. The number of hydrogen-bond donors (Lipinski definition) is 1. The summed E-state index contributed by atoms with van der Waals surface area (Å²) in [5.41, 5.74) is -0.0835. The van der Waals surface area contributed by atoms with E-state index in [0.29, 0.717) is 6.42 Å². The van der Waals surface area contributed by atoms with Crippen molar-refractivity contribution in [1.29, 1.82) is 0 Å². The van der Waals surface area contributed by atoms with Gasteiger partial charge in [0.25, 0.3) is 0 Å². The molecule has 0 aromatic carbocycles. The van der Waals surface area contributed by atoms with Crippen LogP contribution in [0.5, 0.6) is 0 Å². The molecule has 0 aromatic heterocycles. The number of amides is 1. The quantitative estimate of drug-likeness (QED) is 0.341. The minimum Gasteiger partial charge on any atom is -0.351 e. The third-order valence-corrected chi connectivity index (χ3v) is 4.10. The number of carbonyl (C=O) groups is 1. The van der Waals surface area contributed by atoms with Crippen LogP contribution in [0.15, 0.2) is 0 Å². The number of alkyl halides is 1. The standard InChI is InChI=1S/C17H34BrNO/c1-4-5-6-7-8-9-10-11-12-13-16(20)19-17(2,3)14-15-18/h4-15H2,1-3H3,(H,19,20). The Morgan fingerprint density at radius 2 is 1.45 bits per heavy atom. The molecular weight excluding hydrogens is 314 g/mol. The summed E-state index contributed by atoms with van der Waals surface area (Å²) in [5, 5.41) is 4.04. The van der Waals surface area contributed by atoms with E-state index in [-0.39, 0.29) is 11.4 Å². The Hall–Kier alpha value is -0.0500. The first kappa shape index (κ1) is 19.9. The molecule has 0 spiro atoms. The van der Waals surface area contributed by atoms with Crippen LogP contribution in [0.1, 0.15) is 91.4 Å². The molecule has 0 heterocycles. The van der Waals surface area contributed by atoms with Gasteiger partial charge in [0.1, 0.15) is 0 Å². The largest absolute Gasteiger partial charge is 0.351 e. The van der Waals surface area contributed by atoms with E-state index in [9.17, 15) is 4.79 Å². The van der Waals surface area contributed by atoms with Crippen LogP contribution >= 0.6 is 15.9 Å². The van der Waals surface area contributed by atoms with E-state index in [1.807, 2.05) is 0 Å². The van der Waals surface area contributed by atoms with Crippen molar-refractivity contribution in [3.63, 3.8) is 0 Å². The third-order valence-electron chi connectivity index (χ3n) is 3.70. The lowest BCUT2D eigenvalue weighted by Gasteiger charge is -2.25. The second-order valence-corrected chi connectivity index (χ2v) is 7.24. The van der Waals surface area contributed by atoms with Crippen molar-refractivity contribution in [3.05, 3.63) is 0 Å². The smallest absolute Gasteiger partial charge is 0.220 e. The monoisotopic (exact) mass is 347 g/mol. The van der Waals surface area contributed by atoms with Crippen LogP contribution in [0.2, 0.25) is 0 Å². The number of nitrogens with one attached hydrogen (secondary N) is 1. The van der Waals surface area contributed by atoms with Gasteiger partial charge in [0.15, 0.2) is 0 Å². The topological polar surface area (TPSA) is 29.1 Å². The van der Waals surface area contributed by atoms with Crippen LogP contribution in [0.25, 0.3) is 0 Å². The fourth-order valence-corrected chi connectivity index (χ4v) is 3.33. The van der Waals surface area contributed by atoms with E-state index in [4.69, 9.17) is 0 Å². The first-order chi connectivity index (χ1) is 9.52. The van der Waals surface area contributed by atoms with Gasteiger partial charge >= 0.3 is 0 Å². The summed E-state index contributed by atoms with van der Waals surface area (Å²) in [6.45, 7) is 6.43. The van der Waals surface area contributed by atoms with Gasteiger partial charge in [-0.2, -0.15) is 0 Å². The first-order valence-corrected chi connectivity index (χ1v) is 9.51. The van der Waals surface area contributed by atoms with E-state index in [2.05, 4.69) is 42.0 Å². The molecule has 120 valence electrons. The zero-order chi connectivity index (χ0) is 15.3. The Kier molecular flexibility index (Phi) is 12.6. The Labute approximate surface area is 134 Å². The van der Waals surface area contributed by atoms with E-state index in [0.717, 1.165) is 18.2 Å². The Balaban J connectivity index is 3.40. The average molecular weight is 348 g/mol. The molecule has 0 aliphatic heterocycles. The van der Waals surface area contributed by atoms with Gasteiger partial charge in [-0.05, 0) is 26.7 Å². The number of rotatable bonds is 13. The maximum Gasteiger partial charge on any atom is 0.220 e. The molecule has 0 unspecified atom stereocenters.